The molecular weight excluding hydrogens is 302 g/mol. The van der Waals surface area contributed by atoms with Gasteiger partial charge >= 0.3 is 0 Å². The van der Waals surface area contributed by atoms with Gasteiger partial charge in [-0.3, -0.25) is 0 Å². The highest BCUT2D eigenvalue weighted by molar-refractivity contribution is 5.49. The first-order valence-electron chi connectivity index (χ1n) is 7.63. The monoisotopic (exact) mass is 320 g/mol. The number of nitrogens with zero attached hydrogens (tertiary/aromatic N) is 1. The lowest BCUT2D eigenvalue weighted by atomic mass is 10.2. The number of ether oxygens (including phenoxy) is 2. The molecule has 0 aliphatic heterocycles. The Morgan fingerprint density at radius 2 is 0.958 bits per heavy atom. The SMILES string of the molecule is Cc1ccc(Oc2ccc(Oc3ccc(N(C)[O-])cc3)cc2)cc1. The summed E-state index contributed by atoms with van der Waals surface area (Å²) >= 11 is 0. The highest BCUT2D eigenvalue weighted by Gasteiger charge is 2.01. The van der Waals surface area contributed by atoms with Crippen LogP contribution in [0.25, 0.3) is 0 Å². The summed E-state index contributed by atoms with van der Waals surface area (Å²) in [5, 5.41) is 12.0. The molecule has 0 aromatic heterocycles. The van der Waals surface area contributed by atoms with Gasteiger partial charge in [-0.25, -0.2) is 0 Å². The van der Waals surface area contributed by atoms with E-state index in [0.717, 1.165) is 16.6 Å². The molecule has 0 unspecified atom stereocenters. The quantitative estimate of drug-likeness (QED) is 0.581. The summed E-state index contributed by atoms with van der Waals surface area (Å²) < 4.78 is 11.5. The van der Waals surface area contributed by atoms with Crippen LogP contribution in [-0.4, -0.2) is 7.05 Å². The highest BCUT2D eigenvalue weighted by Crippen LogP contribution is 2.27. The molecule has 0 fully saturated rings. The van der Waals surface area contributed by atoms with Gasteiger partial charge in [-0.2, -0.15) is 0 Å². The summed E-state index contributed by atoms with van der Waals surface area (Å²) in [7, 11) is 1.46. The van der Waals surface area contributed by atoms with Gasteiger partial charge in [0.1, 0.15) is 23.0 Å². The molecule has 0 heterocycles. The molecule has 0 atom stereocenters. The minimum Gasteiger partial charge on any atom is -0.758 e. The van der Waals surface area contributed by atoms with Gasteiger partial charge in [0.2, 0.25) is 0 Å². The zero-order valence-electron chi connectivity index (χ0n) is 13.6. The molecular formula is C20H18NO3-. The Morgan fingerprint density at radius 3 is 1.33 bits per heavy atom. The fraction of sp³-hybridized carbons (Fsp3) is 0.100. The predicted molar refractivity (Wildman–Crippen MR) is 96.0 cm³/mol. The second-order valence-corrected chi connectivity index (χ2v) is 5.48. The molecule has 3 aromatic rings. The molecule has 0 spiro atoms. The van der Waals surface area contributed by atoms with Gasteiger partial charge < -0.3 is 19.7 Å². The Hall–Kier alpha value is -2.98. The lowest BCUT2D eigenvalue weighted by Crippen LogP contribution is -2.04. The summed E-state index contributed by atoms with van der Waals surface area (Å²) in [6.45, 7) is 2.04. The lowest BCUT2D eigenvalue weighted by molar-refractivity contribution is 0.469. The van der Waals surface area contributed by atoms with Crippen LogP contribution < -0.4 is 14.5 Å². The molecule has 3 rings (SSSR count). The Labute approximate surface area is 141 Å². The third kappa shape index (κ3) is 4.06. The molecule has 122 valence electrons. The summed E-state index contributed by atoms with van der Waals surface area (Å²) in [6.07, 6.45) is 0. The van der Waals surface area contributed by atoms with Crippen LogP contribution in [0.5, 0.6) is 23.0 Å². The lowest BCUT2D eigenvalue weighted by Gasteiger charge is -2.24. The first-order chi connectivity index (χ1) is 11.6. The Bertz CT molecular complexity index is 779. The van der Waals surface area contributed by atoms with E-state index in [4.69, 9.17) is 9.47 Å². The van der Waals surface area contributed by atoms with Crippen LogP contribution in [-0.2, 0) is 0 Å². The first-order valence-corrected chi connectivity index (χ1v) is 7.63. The van der Waals surface area contributed by atoms with Crippen molar-refractivity contribution in [2.75, 3.05) is 12.1 Å². The van der Waals surface area contributed by atoms with Crippen LogP contribution in [0.15, 0.2) is 72.8 Å². The van der Waals surface area contributed by atoms with E-state index in [-0.39, 0.29) is 0 Å². The van der Waals surface area contributed by atoms with Gasteiger partial charge in [-0.15, -0.1) is 0 Å². The van der Waals surface area contributed by atoms with E-state index < -0.39 is 0 Å². The molecule has 4 heteroatoms. The molecule has 0 saturated carbocycles. The van der Waals surface area contributed by atoms with E-state index in [1.54, 1.807) is 24.3 Å². The fourth-order valence-electron chi connectivity index (χ4n) is 2.18. The molecule has 0 amide bonds. The topological polar surface area (TPSA) is 44.8 Å². The standard InChI is InChI=1S/C20H18NO3/c1-15-3-7-17(8-4-15)23-19-11-13-20(14-12-19)24-18-9-5-16(6-10-18)21(2)22/h3-14H,1-2H3/q-1. The molecule has 4 nitrogen and oxygen atoms in total. The number of hydrogen-bond donors (Lipinski definition) is 0. The number of aryl methyl sites for hydroxylation is 1. The molecule has 0 radical (unpaired) electrons. The van der Waals surface area contributed by atoms with E-state index in [1.165, 1.54) is 12.6 Å². The third-order valence-electron chi connectivity index (χ3n) is 3.52. The van der Waals surface area contributed by atoms with Gasteiger partial charge in [-0.05, 0) is 74.6 Å². The van der Waals surface area contributed by atoms with Gasteiger partial charge in [0.25, 0.3) is 0 Å². The normalized spacial score (nSPS) is 10.3. The van der Waals surface area contributed by atoms with Crippen molar-refractivity contribution in [2.45, 2.75) is 6.92 Å². The molecule has 3 aromatic carbocycles. The fourth-order valence-corrected chi connectivity index (χ4v) is 2.18. The summed E-state index contributed by atoms with van der Waals surface area (Å²) in [6, 6.07) is 22.3. The number of hydrogen-bond acceptors (Lipinski definition) is 4. The maximum atomic E-state index is 11.2. The number of anilines is 1. The number of benzene rings is 3. The molecule has 0 bridgehead atoms. The summed E-state index contributed by atoms with van der Waals surface area (Å²) in [4.78, 5) is 0. The van der Waals surface area contributed by atoms with E-state index in [2.05, 4.69) is 0 Å². The second-order valence-electron chi connectivity index (χ2n) is 5.48. The minimum absolute atomic E-state index is 0.587. The largest absolute Gasteiger partial charge is 0.758 e. The van der Waals surface area contributed by atoms with Gasteiger partial charge in [-0.1, -0.05) is 17.7 Å². The highest BCUT2D eigenvalue weighted by atomic mass is 16.5. The van der Waals surface area contributed by atoms with Crippen LogP contribution in [0.3, 0.4) is 0 Å². The maximum absolute atomic E-state index is 11.2. The van der Waals surface area contributed by atoms with Crippen LogP contribution in [0.4, 0.5) is 5.69 Å². The smallest absolute Gasteiger partial charge is 0.127 e. The van der Waals surface area contributed by atoms with E-state index >= 15 is 0 Å². The number of rotatable bonds is 5. The van der Waals surface area contributed by atoms with Crippen molar-refractivity contribution in [3.63, 3.8) is 0 Å². The van der Waals surface area contributed by atoms with Crippen LogP contribution in [0.1, 0.15) is 5.56 Å². The molecule has 0 N–H and O–H groups in total. The van der Waals surface area contributed by atoms with Crippen LogP contribution in [0.2, 0.25) is 0 Å². The van der Waals surface area contributed by atoms with Crippen molar-refractivity contribution in [3.05, 3.63) is 83.6 Å². The van der Waals surface area contributed by atoms with Crippen LogP contribution in [0, 0.1) is 12.1 Å². The zero-order valence-corrected chi connectivity index (χ0v) is 13.6. The zero-order chi connectivity index (χ0) is 16.9. The van der Waals surface area contributed by atoms with Crippen molar-refractivity contribution >= 4 is 5.69 Å². The Balaban J connectivity index is 1.64. The van der Waals surface area contributed by atoms with Gasteiger partial charge in [0, 0.05) is 5.69 Å². The van der Waals surface area contributed by atoms with Gasteiger partial charge in [0.05, 0.1) is 0 Å². The van der Waals surface area contributed by atoms with Crippen molar-refractivity contribution < 1.29 is 9.47 Å². The predicted octanol–water partition coefficient (Wildman–Crippen LogP) is 5.51. The Kier molecular flexibility index (Phi) is 4.68. The maximum Gasteiger partial charge on any atom is 0.127 e. The average molecular weight is 320 g/mol. The average Bonchev–Trinajstić information content (AvgIpc) is 2.59. The molecule has 0 saturated heterocycles. The number of hydroxylamine groups is 1. The third-order valence-corrected chi connectivity index (χ3v) is 3.52. The van der Waals surface area contributed by atoms with Crippen molar-refractivity contribution in [3.8, 4) is 23.0 Å². The van der Waals surface area contributed by atoms with Crippen LogP contribution >= 0.6 is 0 Å². The van der Waals surface area contributed by atoms with E-state index in [9.17, 15) is 5.21 Å². The first kappa shape index (κ1) is 15.9. The van der Waals surface area contributed by atoms with E-state index in [1.807, 2.05) is 55.5 Å². The minimum atomic E-state index is 0.587. The Morgan fingerprint density at radius 1 is 0.625 bits per heavy atom. The second kappa shape index (κ2) is 7.06. The summed E-state index contributed by atoms with van der Waals surface area (Å²) in [5.41, 5.74) is 1.78. The van der Waals surface area contributed by atoms with Crippen molar-refractivity contribution in [2.24, 2.45) is 0 Å². The molecule has 24 heavy (non-hydrogen) atoms. The summed E-state index contributed by atoms with van der Waals surface area (Å²) in [5.74, 6) is 2.92. The van der Waals surface area contributed by atoms with E-state index in [0.29, 0.717) is 17.2 Å². The molecule has 0 aliphatic rings. The van der Waals surface area contributed by atoms with Crippen molar-refractivity contribution in [1.29, 1.82) is 0 Å². The van der Waals surface area contributed by atoms with Crippen molar-refractivity contribution in [1.82, 2.24) is 0 Å². The van der Waals surface area contributed by atoms with Gasteiger partial charge in [0.15, 0.2) is 0 Å². The molecule has 0 aliphatic carbocycles.